The Balaban J connectivity index is 2.01. The highest BCUT2D eigenvalue weighted by Crippen LogP contribution is 2.45. The number of nitrogens with zero attached hydrogens (tertiary/aromatic N) is 1. The van der Waals surface area contributed by atoms with Crippen LogP contribution in [0.3, 0.4) is 0 Å². The first-order valence-electron chi connectivity index (χ1n) is 10.6. The van der Waals surface area contributed by atoms with Crippen LogP contribution in [0.2, 0.25) is 0 Å². The van der Waals surface area contributed by atoms with E-state index in [4.69, 9.17) is 9.47 Å². The number of aliphatic hydroxyl groups excluding tert-OH is 1. The summed E-state index contributed by atoms with van der Waals surface area (Å²) in [6.45, 7) is 3.85. The zero-order chi connectivity index (χ0) is 24.6. The van der Waals surface area contributed by atoms with Crippen LogP contribution in [0.5, 0.6) is 11.5 Å². The van der Waals surface area contributed by atoms with Gasteiger partial charge in [-0.2, -0.15) is 0 Å². The van der Waals surface area contributed by atoms with Crippen LogP contribution in [-0.2, 0) is 9.59 Å². The number of methoxy groups -OCH3 is 2. The molecule has 7 heteroatoms. The van der Waals surface area contributed by atoms with E-state index in [9.17, 15) is 19.1 Å². The fraction of sp³-hybridized carbons (Fsp3) is 0.185. The van der Waals surface area contributed by atoms with Crippen LogP contribution in [0, 0.1) is 19.7 Å². The molecule has 1 heterocycles. The van der Waals surface area contributed by atoms with E-state index >= 15 is 0 Å². The maximum absolute atomic E-state index is 13.7. The van der Waals surface area contributed by atoms with E-state index in [2.05, 4.69) is 0 Å². The van der Waals surface area contributed by atoms with Gasteiger partial charge in [-0.1, -0.05) is 24.3 Å². The van der Waals surface area contributed by atoms with Crippen LogP contribution >= 0.6 is 0 Å². The molecule has 6 nitrogen and oxygen atoms in total. The van der Waals surface area contributed by atoms with Gasteiger partial charge < -0.3 is 14.6 Å². The third kappa shape index (κ3) is 3.79. The molecule has 3 aromatic rings. The number of Topliss-reactive ketones (excluding diaryl/α,β-unsaturated/α-hetero) is 1. The molecule has 1 fully saturated rings. The normalized spacial score (nSPS) is 17.2. The number of ketones is 1. The van der Waals surface area contributed by atoms with E-state index in [1.165, 1.54) is 43.4 Å². The Morgan fingerprint density at radius 2 is 1.53 bits per heavy atom. The molecule has 1 unspecified atom stereocenters. The second kappa shape index (κ2) is 9.02. The molecule has 0 saturated carbocycles. The lowest BCUT2D eigenvalue weighted by molar-refractivity contribution is -0.132. The van der Waals surface area contributed by atoms with Crippen molar-refractivity contribution in [2.45, 2.75) is 19.9 Å². The smallest absolute Gasteiger partial charge is 0.300 e. The van der Waals surface area contributed by atoms with Crippen LogP contribution in [0.25, 0.3) is 5.76 Å². The van der Waals surface area contributed by atoms with E-state index in [1.54, 1.807) is 30.3 Å². The number of hydrogen-bond donors (Lipinski definition) is 1. The number of hydrogen-bond acceptors (Lipinski definition) is 5. The molecular formula is C27H24FNO5. The summed E-state index contributed by atoms with van der Waals surface area (Å²) in [6, 6.07) is 14.8. The monoisotopic (exact) mass is 461 g/mol. The predicted molar refractivity (Wildman–Crippen MR) is 127 cm³/mol. The van der Waals surface area contributed by atoms with Gasteiger partial charge in [-0.15, -0.1) is 0 Å². The van der Waals surface area contributed by atoms with Gasteiger partial charge in [0, 0.05) is 5.69 Å². The zero-order valence-electron chi connectivity index (χ0n) is 19.3. The van der Waals surface area contributed by atoms with Crippen LogP contribution < -0.4 is 14.4 Å². The van der Waals surface area contributed by atoms with Gasteiger partial charge in [0.15, 0.2) is 0 Å². The number of aliphatic hydroxyl groups is 1. The Bertz CT molecular complexity index is 1290. The molecule has 1 atom stereocenters. The first-order chi connectivity index (χ1) is 16.3. The number of anilines is 1. The van der Waals surface area contributed by atoms with Crippen molar-refractivity contribution >= 4 is 23.1 Å². The molecule has 1 saturated heterocycles. The van der Waals surface area contributed by atoms with Gasteiger partial charge in [0.25, 0.3) is 11.7 Å². The van der Waals surface area contributed by atoms with Gasteiger partial charge in [0.2, 0.25) is 0 Å². The Morgan fingerprint density at radius 3 is 2.09 bits per heavy atom. The topological polar surface area (TPSA) is 76.1 Å². The van der Waals surface area contributed by atoms with E-state index in [1.807, 2.05) is 19.9 Å². The highest BCUT2D eigenvalue weighted by atomic mass is 19.1. The van der Waals surface area contributed by atoms with Crippen molar-refractivity contribution in [3.8, 4) is 11.5 Å². The largest absolute Gasteiger partial charge is 0.506 e. The molecule has 174 valence electrons. The lowest BCUT2D eigenvalue weighted by Crippen LogP contribution is -2.29. The predicted octanol–water partition coefficient (Wildman–Crippen LogP) is 5.09. The molecular weight excluding hydrogens is 437 g/mol. The summed E-state index contributed by atoms with van der Waals surface area (Å²) < 4.78 is 24.5. The first kappa shape index (κ1) is 23.0. The minimum absolute atomic E-state index is 0.141. The number of aryl methyl sites for hydroxylation is 2. The highest BCUT2D eigenvalue weighted by molar-refractivity contribution is 6.51. The molecule has 1 aliphatic rings. The number of carbonyl (C=O) groups is 2. The van der Waals surface area contributed by atoms with Crippen molar-refractivity contribution in [3.05, 3.63) is 94.3 Å². The van der Waals surface area contributed by atoms with E-state index in [-0.39, 0.29) is 22.6 Å². The van der Waals surface area contributed by atoms with Gasteiger partial charge in [-0.05, 0) is 66.9 Å². The summed E-state index contributed by atoms with van der Waals surface area (Å²) in [5.41, 5.74) is 2.93. The Hall–Kier alpha value is -4.13. The first-order valence-corrected chi connectivity index (χ1v) is 10.6. The standard InChI is InChI=1S/C27H24FNO5/c1-15-8-13-19(14-16(15)2)29-24(17-9-11-18(28)12-10-17)23(26(31)27(29)32)25(30)22-20(33-3)6-5-7-21(22)34-4/h5-14,24,30H,1-4H3/b25-23+. The minimum Gasteiger partial charge on any atom is -0.506 e. The van der Waals surface area contributed by atoms with Gasteiger partial charge in [-0.25, -0.2) is 4.39 Å². The van der Waals surface area contributed by atoms with Crippen molar-refractivity contribution in [1.29, 1.82) is 0 Å². The van der Waals surface area contributed by atoms with Crippen molar-refractivity contribution in [2.75, 3.05) is 19.1 Å². The molecule has 34 heavy (non-hydrogen) atoms. The molecule has 0 spiro atoms. The lowest BCUT2D eigenvalue weighted by Gasteiger charge is -2.26. The summed E-state index contributed by atoms with van der Waals surface area (Å²) in [7, 11) is 2.85. The van der Waals surface area contributed by atoms with Crippen molar-refractivity contribution < 1.29 is 28.6 Å². The van der Waals surface area contributed by atoms with E-state index < -0.39 is 29.3 Å². The second-order valence-corrected chi connectivity index (χ2v) is 8.03. The van der Waals surface area contributed by atoms with Crippen LogP contribution in [0.1, 0.15) is 28.3 Å². The number of rotatable bonds is 5. The summed E-state index contributed by atoms with van der Waals surface area (Å²) >= 11 is 0. The summed E-state index contributed by atoms with van der Waals surface area (Å²) in [4.78, 5) is 28.0. The maximum Gasteiger partial charge on any atom is 0.300 e. The lowest BCUT2D eigenvalue weighted by atomic mass is 9.94. The number of ether oxygens (including phenoxy) is 2. The molecule has 4 rings (SSSR count). The minimum atomic E-state index is -0.989. The number of halogens is 1. The summed E-state index contributed by atoms with van der Waals surface area (Å²) in [5.74, 6) is -2.02. The average molecular weight is 461 g/mol. The Kier molecular flexibility index (Phi) is 6.11. The van der Waals surface area contributed by atoms with E-state index in [0.29, 0.717) is 11.3 Å². The van der Waals surface area contributed by atoms with Gasteiger partial charge in [-0.3, -0.25) is 14.5 Å². The summed E-state index contributed by atoms with van der Waals surface area (Å²) in [5, 5.41) is 11.4. The average Bonchev–Trinajstić information content (AvgIpc) is 3.10. The van der Waals surface area contributed by atoms with Gasteiger partial charge in [0.1, 0.15) is 28.6 Å². The highest BCUT2D eigenvalue weighted by Gasteiger charge is 2.47. The molecule has 0 bridgehead atoms. The third-order valence-corrected chi connectivity index (χ3v) is 6.06. The van der Waals surface area contributed by atoms with Crippen LogP contribution in [0.15, 0.2) is 66.2 Å². The second-order valence-electron chi connectivity index (χ2n) is 8.03. The molecule has 0 aliphatic carbocycles. The SMILES string of the molecule is COc1cccc(OC)c1/C(O)=C1\C(=O)C(=O)N(c2ccc(C)c(C)c2)C1c1ccc(F)cc1. The number of amides is 1. The van der Waals surface area contributed by atoms with Crippen molar-refractivity contribution in [1.82, 2.24) is 0 Å². The molecule has 1 N–H and O–H groups in total. The van der Waals surface area contributed by atoms with Gasteiger partial charge >= 0.3 is 0 Å². The van der Waals surface area contributed by atoms with Crippen molar-refractivity contribution in [3.63, 3.8) is 0 Å². The third-order valence-electron chi connectivity index (χ3n) is 6.06. The fourth-order valence-electron chi connectivity index (χ4n) is 4.15. The molecule has 0 aromatic heterocycles. The summed E-state index contributed by atoms with van der Waals surface area (Å²) in [6.07, 6.45) is 0. The molecule has 0 radical (unpaired) electrons. The molecule has 3 aromatic carbocycles. The number of carbonyl (C=O) groups excluding carboxylic acids is 2. The quantitative estimate of drug-likeness (QED) is 0.326. The van der Waals surface area contributed by atoms with Crippen LogP contribution in [0.4, 0.5) is 10.1 Å². The Morgan fingerprint density at radius 1 is 0.912 bits per heavy atom. The molecule has 1 aliphatic heterocycles. The molecule has 1 amide bonds. The van der Waals surface area contributed by atoms with Crippen molar-refractivity contribution in [2.24, 2.45) is 0 Å². The fourth-order valence-corrected chi connectivity index (χ4v) is 4.15. The number of benzene rings is 3. The van der Waals surface area contributed by atoms with E-state index in [0.717, 1.165) is 11.1 Å². The Labute approximate surface area is 196 Å². The van der Waals surface area contributed by atoms with Gasteiger partial charge in [0.05, 0.1) is 25.8 Å². The zero-order valence-corrected chi connectivity index (χ0v) is 19.3. The van der Waals surface area contributed by atoms with Crippen LogP contribution in [-0.4, -0.2) is 31.0 Å². The maximum atomic E-state index is 13.7.